The summed E-state index contributed by atoms with van der Waals surface area (Å²) in [5.74, 6) is 4.32. The summed E-state index contributed by atoms with van der Waals surface area (Å²) in [4.78, 5) is 24.0. The number of fused-ring (bicyclic) bond motifs is 1. The molecular weight excluding hydrogens is 418 g/mol. The fourth-order valence-corrected chi connectivity index (χ4v) is 4.17. The van der Waals surface area contributed by atoms with Crippen LogP contribution >= 0.6 is 0 Å². The second-order valence-corrected chi connectivity index (χ2v) is 11.0. The zero-order valence-electron chi connectivity index (χ0n) is 20.4. The van der Waals surface area contributed by atoms with Gasteiger partial charge in [0.2, 0.25) is 0 Å². The largest absolute Gasteiger partial charge is 0.477 e. The maximum Gasteiger partial charge on any atom is 0.419 e. The molecule has 0 aliphatic heterocycles. The maximum atomic E-state index is 12.4. The normalized spacial score (nSPS) is 17.3. The van der Waals surface area contributed by atoms with Crippen molar-refractivity contribution < 1.29 is 24.5 Å². The molecule has 1 aliphatic carbocycles. The van der Waals surface area contributed by atoms with Gasteiger partial charge in [0.1, 0.15) is 17.4 Å². The van der Waals surface area contributed by atoms with Gasteiger partial charge in [0.05, 0.1) is 0 Å². The Labute approximate surface area is 195 Å². The number of benzene rings is 1. The van der Waals surface area contributed by atoms with Crippen LogP contribution in [0.5, 0.6) is 0 Å². The van der Waals surface area contributed by atoms with Gasteiger partial charge >= 0.3 is 12.1 Å². The first-order chi connectivity index (χ1) is 15.1. The zero-order valence-corrected chi connectivity index (χ0v) is 20.4. The molecule has 1 unspecified atom stereocenters. The van der Waals surface area contributed by atoms with Crippen molar-refractivity contribution in [2.45, 2.75) is 83.8 Å². The van der Waals surface area contributed by atoms with Gasteiger partial charge in [-0.1, -0.05) is 57.7 Å². The number of rotatable bonds is 2. The lowest BCUT2D eigenvalue weighted by Crippen LogP contribution is -2.34. The number of carboxylic acids is 1. The topological polar surface area (TPSA) is 88.8 Å². The van der Waals surface area contributed by atoms with E-state index >= 15 is 0 Å². The van der Waals surface area contributed by atoms with Crippen LogP contribution in [-0.4, -0.2) is 32.4 Å². The zero-order chi connectivity index (χ0) is 24.8. The highest BCUT2D eigenvalue weighted by Crippen LogP contribution is 2.46. The number of carbonyl (C=O) groups excluding carboxylic acids is 1. The highest BCUT2D eigenvalue weighted by molar-refractivity contribution is 5.91. The van der Waals surface area contributed by atoms with Crippen molar-refractivity contribution in [2.75, 3.05) is 0 Å². The molecule has 2 N–H and O–H groups in total. The molecular formula is C27H33NO5. The number of carbonyl (C=O) groups is 2. The molecule has 6 heteroatoms. The second kappa shape index (κ2) is 8.39. The Hall–Kier alpha value is -3.04. The molecule has 33 heavy (non-hydrogen) atoms. The van der Waals surface area contributed by atoms with Crippen LogP contribution in [0.15, 0.2) is 30.5 Å². The number of hydrogen-bond acceptors (Lipinski definition) is 4. The summed E-state index contributed by atoms with van der Waals surface area (Å²) in [6, 6.07) is 7.31. The first-order valence-electron chi connectivity index (χ1n) is 11.1. The Morgan fingerprint density at radius 2 is 1.67 bits per heavy atom. The minimum absolute atomic E-state index is 0.00896. The minimum atomic E-state index is -1.27. The van der Waals surface area contributed by atoms with Gasteiger partial charge in [-0.05, 0) is 67.2 Å². The van der Waals surface area contributed by atoms with Crippen molar-refractivity contribution in [1.82, 2.24) is 4.57 Å². The van der Waals surface area contributed by atoms with Gasteiger partial charge in [-0.15, -0.1) is 0 Å². The maximum absolute atomic E-state index is 12.4. The quantitative estimate of drug-likeness (QED) is 0.597. The fourth-order valence-electron chi connectivity index (χ4n) is 4.17. The van der Waals surface area contributed by atoms with Gasteiger partial charge in [-0.3, -0.25) is 0 Å². The summed E-state index contributed by atoms with van der Waals surface area (Å²) in [5, 5.41) is 20.2. The highest BCUT2D eigenvalue weighted by Gasteiger charge is 2.37. The lowest BCUT2D eigenvalue weighted by molar-refractivity contribution is 0.0506. The summed E-state index contributed by atoms with van der Waals surface area (Å²) in [6.07, 6.45) is 1.64. The molecule has 0 fully saturated rings. The van der Waals surface area contributed by atoms with Gasteiger partial charge in [-0.25, -0.2) is 14.2 Å². The molecule has 0 bridgehead atoms. The summed E-state index contributed by atoms with van der Waals surface area (Å²) in [7, 11) is 0. The molecule has 1 atom stereocenters. The van der Waals surface area contributed by atoms with Crippen molar-refractivity contribution in [3.8, 4) is 11.8 Å². The third-order valence-electron chi connectivity index (χ3n) is 6.18. The molecule has 1 aromatic heterocycles. The average Bonchev–Trinajstić information content (AvgIpc) is 3.13. The molecule has 1 heterocycles. The van der Waals surface area contributed by atoms with Crippen molar-refractivity contribution in [3.05, 3.63) is 58.4 Å². The number of aliphatic hydroxyl groups is 1. The van der Waals surface area contributed by atoms with Crippen LogP contribution in [0.2, 0.25) is 0 Å². The molecule has 1 aliphatic rings. The molecule has 0 saturated heterocycles. The standard InChI is InChI=1S/C27H33NO5/c1-25(2,3)33-24(32)28-16-17(14-21(28)23(30)31)8-11-22(29)18-9-10-19-20(15-18)27(6,7)13-12-26(19,4)5/h9-10,14-16,22,29H,12-13H2,1-7H3,(H,30,31). The highest BCUT2D eigenvalue weighted by atomic mass is 16.6. The first kappa shape index (κ1) is 24.6. The third kappa shape index (κ3) is 5.31. The predicted octanol–water partition coefficient (Wildman–Crippen LogP) is 5.40. The van der Waals surface area contributed by atoms with Gasteiger partial charge in [-0.2, -0.15) is 0 Å². The molecule has 0 amide bonds. The molecule has 0 saturated carbocycles. The molecule has 176 valence electrons. The summed E-state index contributed by atoms with van der Waals surface area (Å²) in [6.45, 7) is 14.0. The van der Waals surface area contributed by atoms with E-state index in [1.807, 2.05) is 12.1 Å². The number of carboxylic acid groups (broad SMARTS) is 1. The number of aromatic carboxylic acids is 1. The molecule has 2 aromatic rings. The lowest BCUT2D eigenvalue weighted by Gasteiger charge is -2.42. The van der Waals surface area contributed by atoms with Crippen molar-refractivity contribution in [1.29, 1.82) is 0 Å². The number of nitrogens with zero attached hydrogens (tertiary/aromatic N) is 1. The average molecular weight is 452 g/mol. The third-order valence-corrected chi connectivity index (χ3v) is 6.18. The Balaban J connectivity index is 1.91. The van der Waals surface area contributed by atoms with Crippen LogP contribution in [0.3, 0.4) is 0 Å². The molecule has 1 aromatic carbocycles. The SMILES string of the molecule is CC(C)(C)OC(=O)n1cc(C#CC(O)c2ccc3c(c2)C(C)(C)CCC3(C)C)cc1C(=O)O. The van der Waals surface area contributed by atoms with Crippen LogP contribution < -0.4 is 0 Å². The van der Waals surface area contributed by atoms with Gasteiger partial charge in [0, 0.05) is 11.8 Å². The van der Waals surface area contributed by atoms with Gasteiger partial charge < -0.3 is 14.9 Å². The van der Waals surface area contributed by atoms with Gasteiger partial charge in [0.25, 0.3) is 0 Å². The van der Waals surface area contributed by atoms with E-state index in [9.17, 15) is 19.8 Å². The summed E-state index contributed by atoms with van der Waals surface area (Å²) >= 11 is 0. The molecule has 6 nitrogen and oxygen atoms in total. The lowest BCUT2D eigenvalue weighted by atomic mass is 9.63. The fraction of sp³-hybridized carbons (Fsp3) is 0.481. The van der Waals surface area contributed by atoms with Crippen molar-refractivity contribution in [3.63, 3.8) is 0 Å². The predicted molar refractivity (Wildman–Crippen MR) is 127 cm³/mol. The van der Waals surface area contributed by atoms with Gasteiger partial charge in [0.15, 0.2) is 0 Å². The number of aliphatic hydroxyl groups excluding tert-OH is 1. The van der Waals surface area contributed by atoms with Crippen LogP contribution in [0, 0.1) is 11.8 Å². The minimum Gasteiger partial charge on any atom is -0.477 e. The number of ether oxygens (including phenoxy) is 1. The van der Waals surface area contributed by atoms with E-state index in [0.717, 1.165) is 17.4 Å². The first-order valence-corrected chi connectivity index (χ1v) is 11.1. The Bertz CT molecular complexity index is 1150. The Morgan fingerprint density at radius 3 is 2.24 bits per heavy atom. The Kier molecular flexibility index (Phi) is 6.25. The van der Waals surface area contributed by atoms with Crippen molar-refractivity contribution in [2.24, 2.45) is 0 Å². The van der Waals surface area contributed by atoms with Crippen molar-refractivity contribution >= 4 is 12.1 Å². The second-order valence-electron chi connectivity index (χ2n) is 11.0. The van der Waals surface area contributed by atoms with Crippen LogP contribution in [-0.2, 0) is 15.6 Å². The van der Waals surface area contributed by atoms with Crippen LogP contribution in [0.1, 0.15) is 100 Å². The Morgan fingerprint density at radius 1 is 1.06 bits per heavy atom. The number of aromatic nitrogens is 1. The van der Waals surface area contributed by atoms with E-state index in [1.165, 1.54) is 23.4 Å². The summed E-state index contributed by atoms with van der Waals surface area (Å²) < 4.78 is 6.20. The number of hydrogen-bond donors (Lipinski definition) is 2. The van der Waals surface area contributed by atoms with Crippen LogP contribution in [0.4, 0.5) is 4.79 Å². The summed E-state index contributed by atoms with van der Waals surface area (Å²) in [5.41, 5.74) is 2.58. The van der Waals surface area contributed by atoms with E-state index in [4.69, 9.17) is 4.74 Å². The smallest absolute Gasteiger partial charge is 0.419 e. The van der Waals surface area contributed by atoms with E-state index in [1.54, 1.807) is 20.8 Å². The van der Waals surface area contributed by atoms with E-state index in [-0.39, 0.29) is 16.5 Å². The monoisotopic (exact) mass is 451 g/mol. The van der Waals surface area contributed by atoms with Crippen LogP contribution in [0.25, 0.3) is 0 Å². The van der Waals surface area contributed by atoms with E-state index in [0.29, 0.717) is 11.1 Å². The molecule has 3 rings (SSSR count). The van der Waals surface area contributed by atoms with E-state index < -0.39 is 23.8 Å². The van der Waals surface area contributed by atoms with E-state index in [2.05, 4.69) is 45.6 Å². The molecule has 0 spiro atoms. The molecule has 0 radical (unpaired) electrons.